The van der Waals surface area contributed by atoms with Crippen LogP contribution < -0.4 is 10.2 Å². The van der Waals surface area contributed by atoms with Crippen LogP contribution in [0, 0.1) is 5.82 Å². The zero-order valence-corrected chi connectivity index (χ0v) is 18.4. The van der Waals surface area contributed by atoms with E-state index < -0.39 is 24.3 Å². The minimum Gasteiger partial charge on any atom is -0.450 e. The van der Waals surface area contributed by atoms with E-state index >= 15 is 0 Å². The molecule has 4 rings (SSSR count). The summed E-state index contributed by atoms with van der Waals surface area (Å²) in [6, 6.07) is 16.6. The molecule has 2 aromatic carbocycles. The highest BCUT2D eigenvalue weighted by molar-refractivity contribution is 5.94. The molecule has 0 unspecified atom stereocenters. The Hall–Kier alpha value is -3.65. The topological polar surface area (TPSA) is 75.0 Å². The summed E-state index contributed by atoms with van der Waals surface area (Å²) >= 11 is 0. The van der Waals surface area contributed by atoms with Crippen LogP contribution in [0.3, 0.4) is 0 Å². The first kappa shape index (κ1) is 22.5. The maximum atomic E-state index is 13.9. The number of halogens is 1. The van der Waals surface area contributed by atoms with E-state index in [1.54, 1.807) is 18.2 Å². The molecule has 0 saturated carbocycles. The van der Waals surface area contributed by atoms with Gasteiger partial charge in [0.25, 0.3) is 5.91 Å². The standard InChI is InChI=1S/C25H26FN3O4/c1-2-28-13-15-29(16-14-28)19-9-7-18(8-10-19)27-24(30)17-32-25(31)23-12-11-22(33-23)20-5-3-4-6-21(20)26/h3-12H,2,13-17H2,1H3,(H,27,30). The number of likely N-dealkylation sites (N-methyl/N-ethyl adjacent to an activating group) is 1. The van der Waals surface area contributed by atoms with Crippen LogP contribution in [-0.2, 0) is 9.53 Å². The Morgan fingerprint density at radius 3 is 2.42 bits per heavy atom. The summed E-state index contributed by atoms with van der Waals surface area (Å²) in [4.78, 5) is 29.1. The maximum Gasteiger partial charge on any atom is 0.374 e. The summed E-state index contributed by atoms with van der Waals surface area (Å²) in [5.41, 5.74) is 1.97. The van der Waals surface area contributed by atoms with Gasteiger partial charge in [0.1, 0.15) is 11.6 Å². The summed E-state index contributed by atoms with van der Waals surface area (Å²) < 4.78 is 24.3. The SMILES string of the molecule is CCN1CCN(c2ccc(NC(=O)COC(=O)c3ccc(-c4ccccc4F)o3)cc2)CC1. The van der Waals surface area contributed by atoms with Crippen LogP contribution in [0.2, 0.25) is 0 Å². The van der Waals surface area contributed by atoms with Crippen LogP contribution in [0.4, 0.5) is 15.8 Å². The molecule has 0 radical (unpaired) electrons. The van der Waals surface area contributed by atoms with Gasteiger partial charge in [-0.3, -0.25) is 4.79 Å². The van der Waals surface area contributed by atoms with Crippen molar-refractivity contribution < 1.29 is 23.1 Å². The number of rotatable bonds is 7. The number of ether oxygens (including phenoxy) is 1. The first-order valence-electron chi connectivity index (χ1n) is 10.9. The van der Waals surface area contributed by atoms with Crippen molar-refractivity contribution in [3.05, 3.63) is 72.2 Å². The average Bonchev–Trinajstić information content (AvgIpc) is 3.34. The Morgan fingerprint density at radius 1 is 1.00 bits per heavy atom. The number of anilines is 2. The lowest BCUT2D eigenvalue weighted by Gasteiger charge is -2.35. The highest BCUT2D eigenvalue weighted by Crippen LogP contribution is 2.25. The van der Waals surface area contributed by atoms with E-state index in [0.717, 1.165) is 38.4 Å². The molecule has 8 heteroatoms. The molecule has 1 aliphatic heterocycles. The Morgan fingerprint density at radius 2 is 1.73 bits per heavy atom. The van der Waals surface area contributed by atoms with Crippen LogP contribution in [0.25, 0.3) is 11.3 Å². The molecule has 33 heavy (non-hydrogen) atoms. The highest BCUT2D eigenvalue weighted by atomic mass is 19.1. The molecule has 1 aromatic heterocycles. The smallest absolute Gasteiger partial charge is 0.374 e. The monoisotopic (exact) mass is 451 g/mol. The van der Waals surface area contributed by atoms with E-state index in [9.17, 15) is 14.0 Å². The quantitative estimate of drug-likeness (QED) is 0.547. The van der Waals surface area contributed by atoms with Crippen LogP contribution in [-0.4, -0.2) is 56.1 Å². The largest absolute Gasteiger partial charge is 0.450 e. The second kappa shape index (κ2) is 10.3. The normalized spacial score (nSPS) is 14.2. The first-order chi connectivity index (χ1) is 16.0. The predicted octanol–water partition coefficient (Wildman–Crippen LogP) is 4.02. The molecular weight excluding hydrogens is 425 g/mol. The fourth-order valence-corrected chi connectivity index (χ4v) is 3.73. The van der Waals surface area contributed by atoms with Crippen molar-refractivity contribution in [3.63, 3.8) is 0 Å². The molecule has 3 aromatic rings. The third kappa shape index (κ3) is 5.59. The molecule has 0 aliphatic carbocycles. The molecular formula is C25H26FN3O4. The van der Waals surface area contributed by atoms with Gasteiger partial charge in [0.2, 0.25) is 5.76 Å². The number of carbonyl (C=O) groups is 2. The van der Waals surface area contributed by atoms with Gasteiger partial charge in [0, 0.05) is 37.6 Å². The zero-order valence-electron chi connectivity index (χ0n) is 18.4. The fourth-order valence-electron chi connectivity index (χ4n) is 3.73. The van der Waals surface area contributed by atoms with Gasteiger partial charge in [-0.25, -0.2) is 9.18 Å². The van der Waals surface area contributed by atoms with E-state index in [-0.39, 0.29) is 17.1 Å². The van der Waals surface area contributed by atoms with Gasteiger partial charge < -0.3 is 24.3 Å². The van der Waals surface area contributed by atoms with E-state index in [0.29, 0.717) is 5.69 Å². The third-order valence-corrected chi connectivity index (χ3v) is 5.62. The molecule has 1 fully saturated rings. The minimum absolute atomic E-state index is 0.103. The molecule has 1 saturated heterocycles. The first-order valence-corrected chi connectivity index (χ1v) is 10.9. The lowest BCUT2D eigenvalue weighted by molar-refractivity contribution is -0.119. The average molecular weight is 451 g/mol. The Kier molecular flexibility index (Phi) is 7.04. The van der Waals surface area contributed by atoms with Crippen molar-refractivity contribution in [1.82, 2.24) is 4.90 Å². The summed E-state index contributed by atoms with van der Waals surface area (Å²) in [6.07, 6.45) is 0. The van der Waals surface area contributed by atoms with E-state index in [2.05, 4.69) is 22.0 Å². The lowest BCUT2D eigenvalue weighted by atomic mass is 10.1. The van der Waals surface area contributed by atoms with Crippen molar-refractivity contribution in [2.45, 2.75) is 6.92 Å². The van der Waals surface area contributed by atoms with Crippen molar-refractivity contribution in [1.29, 1.82) is 0 Å². The minimum atomic E-state index is -0.797. The lowest BCUT2D eigenvalue weighted by Crippen LogP contribution is -2.46. The molecule has 1 N–H and O–H groups in total. The molecule has 0 atom stereocenters. The molecule has 172 valence electrons. The van der Waals surface area contributed by atoms with Crippen molar-refractivity contribution in [2.75, 3.05) is 49.5 Å². The molecule has 1 amide bonds. The molecule has 7 nitrogen and oxygen atoms in total. The van der Waals surface area contributed by atoms with Crippen molar-refractivity contribution >= 4 is 23.3 Å². The van der Waals surface area contributed by atoms with Gasteiger partial charge in [0.15, 0.2) is 6.61 Å². The zero-order chi connectivity index (χ0) is 23.2. The van der Waals surface area contributed by atoms with Gasteiger partial charge in [-0.15, -0.1) is 0 Å². The maximum absolute atomic E-state index is 13.9. The van der Waals surface area contributed by atoms with Gasteiger partial charge in [-0.2, -0.15) is 0 Å². The highest BCUT2D eigenvalue weighted by Gasteiger charge is 2.18. The Balaban J connectivity index is 1.26. The number of nitrogens with one attached hydrogen (secondary N) is 1. The molecule has 0 spiro atoms. The number of nitrogens with zero attached hydrogens (tertiary/aromatic N) is 2. The van der Waals surface area contributed by atoms with Crippen molar-refractivity contribution in [3.8, 4) is 11.3 Å². The summed E-state index contributed by atoms with van der Waals surface area (Å²) in [5, 5.41) is 2.71. The Labute approximate surface area is 191 Å². The van der Waals surface area contributed by atoms with E-state index in [1.807, 2.05) is 24.3 Å². The third-order valence-electron chi connectivity index (χ3n) is 5.62. The van der Waals surface area contributed by atoms with Crippen molar-refractivity contribution in [2.24, 2.45) is 0 Å². The molecule has 2 heterocycles. The van der Waals surface area contributed by atoms with Crippen LogP contribution in [0.5, 0.6) is 0 Å². The summed E-state index contributed by atoms with van der Waals surface area (Å²) in [5.74, 6) is -1.61. The number of furan rings is 1. The Bertz CT molecular complexity index is 1100. The van der Waals surface area contributed by atoms with E-state index in [1.165, 1.54) is 18.2 Å². The number of hydrogen-bond acceptors (Lipinski definition) is 6. The van der Waals surface area contributed by atoms with Gasteiger partial charge >= 0.3 is 5.97 Å². The summed E-state index contributed by atoms with van der Waals surface area (Å²) in [7, 11) is 0. The predicted molar refractivity (Wildman–Crippen MR) is 124 cm³/mol. The van der Waals surface area contributed by atoms with Gasteiger partial charge in [-0.05, 0) is 55.1 Å². The van der Waals surface area contributed by atoms with Crippen LogP contribution in [0.15, 0.2) is 65.1 Å². The number of piperazine rings is 1. The fraction of sp³-hybridized carbons (Fsp3) is 0.280. The van der Waals surface area contributed by atoms with E-state index in [4.69, 9.17) is 9.15 Å². The number of benzene rings is 2. The molecule has 1 aliphatic rings. The number of carbonyl (C=O) groups excluding carboxylic acids is 2. The van der Waals surface area contributed by atoms with Crippen LogP contribution in [0.1, 0.15) is 17.5 Å². The van der Waals surface area contributed by atoms with Gasteiger partial charge in [-0.1, -0.05) is 19.1 Å². The number of amides is 1. The second-order valence-corrected chi connectivity index (χ2v) is 7.74. The second-order valence-electron chi connectivity index (χ2n) is 7.74. The number of hydrogen-bond donors (Lipinski definition) is 1. The molecule has 0 bridgehead atoms. The van der Waals surface area contributed by atoms with Crippen LogP contribution >= 0.6 is 0 Å². The summed E-state index contributed by atoms with van der Waals surface area (Å²) in [6.45, 7) is 6.80. The number of esters is 1. The van der Waals surface area contributed by atoms with Gasteiger partial charge in [0.05, 0.1) is 5.56 Å².